The number of nitrogens with one attached hydrogen (secondary N) is 1. The Morgan fingerprint density at radius 2 is 2.21 bits per heavy atom. The lowest BCUT2D eigenvalue weighted by Crippen LogP contribution is -2.56. The van der Waals surface area contributed by atoms with Crippen LogP contribution >= 0.6 is 0 Å². The van der Waals surface area contributed by atoms with Crippen LogP contribution in [-0.4, -0.2) is 44.7 Å². The molecule has 2 rings (SSSR count). The zero-order chi connectivity index (χ0) is 13.9. The monoisotopic (exact) mass is 266 g/mol. The molecule has 1 unspecified atom stereocenters. The Labute approximate surface area is 114 Å². The van der Waals surface area contributed by atoms with Crippen molar-refractivity contribution >= 4 is 0 Å². The molecule has 0 aliphatic carbocycles. The average molecular weight is 266 g/mol. The zero-order valence-electron chi connectivity index (χ0n) is 12.0. The molecular formula is C15H23FN2O. The second-order valence-electron chi connectivity index (χ2n) is 5.53. The molecule has 1 N–H and O–H groups in total. The average Bonchev–Trinajstić information content (AvgIpc) is 2.40. The number of likely N-dealkylation sites (N-methyl/N-ethyl adjacent to an activating group) is 1. The van der Waals surface area contributed by atoms with Gasteiger partial charge in [0.2, 0.25) is 0 Å². The number of ether oxygens (including phenoxy) is 1. The van der Waals surface area contributed by atoms with Crippen LogP contribution in [0.2, 0.25) is 0 Å². The lowest BCUT2D eigenvalue weighted by Gasteiger charge is -2.43. The summed E-state index contributed by atoms with van der Waals surface area (Å²) in [4.78, 5) is 2.25. The summed E-state index contributed by atoms with van der Waals surface area (Å²) in [6.07, 6.45) is 3.07. The number of benzene rings is 1. The fourth-order valence-electron chi connectivity index (χ4n) is 2.88. The molecule has 106 valence electrons. The molecule has 1 fully saturated rings. The smallest absolute Gasteiger partial charge is 0.123 e. The van der Waals surface area contributed by atoms with Crippen LogP contribution in [0, 0.1) is 5.82 Å². The van der Waals surface area contributed by atoms with Gasteiger partial charge in [0.25, 0.3) is 0 Å². The van der Waals surface area contributed by atoms with E-state index >= 15 is 0 Å². The van der Waals surface area contributed by atoms with Gasteiger partial charge in [-0.3, -0.25) is 0 Å². The van der Waals surface area contributed by atoms with E-state index in [1.54, 1.807) is 19.2 Å². The summed E-state index contributed by atoms with van der Waals surface area (Å²) in [6, 6.07) is 4.76. The van der Waals surface area contributed by atoms with E-state index in [0.29, 0.717) is 0 Å². The molecule has 0 spiro atoms. The molecule has 19 heavy (non-hydrogen) atoms. The predicted octanol–water partition coefficient (Wildman–Crippen LogP) is 2.06. The Balaban J connectivity index is 2.28. The first-order chi connectivity index (χ1) is 9.07. The predicted molar refractivity (Wildman–Crippen MR) is 75.2 cm³/mol. The summed E-state index contributed by atoms with van der Waals surface area (Å²) in [5.41, 5.74) is 0.985. The van der Waals surface area contributed by atoms with E-state index in [1.165, 1.54) is 6.07 Å². The number of nitrogens with zero attached hydrogens (tertiary/aromatic N) is 1. The molecule has 0 saturated carbocycles. The SMILES string of the molecule is COc1ccc(F)cc1CC1(N(C)C)CCCNC1. The van der Waals surface area contributed by atoms with Gasteiger partial charge in [0.1, 0.15) is 11.6 Å². The van der Waals surface area contributed by atoms with Gasteiger partial charge >= 0.3 is 0 Å². The summed E-state index contributed by atoms with van der Waals surface area (Å²) in [7, 11) is 5.83. The van der Waals surface area contributed by atoms with Gasteiger partial charge in [-0.05, 0) is 63.7 Å². The molecule has 1 atom stereocenters. The van der Waals surface area contributed by atoms with Crippen molar-refractivity contribution in [3.05, 3.63) is 29.6 Å². The number of hydrogen-bond donors (Lipinski definition) is 1. The van der Waals surface area contributed by atoms with Crippen LogP contribution in [-0.2, 0) is 6.42 Å². The van der Waals surface area contributed by atoms with Crippen molar-refractivity contribution in [2.24, 2.45) is 0 Å². The number of halogens is 1. The third kappa shape index (κ3) is 3.07. The summed E-state index contributed by atoms with van der Waals surface area (Å²) >= 11 is 0. The number of hydrogen-bond acceptors (Lipinski definition) is 3. The highest BCUT2D eigenvalue weighted by Crippen LogP contribution is 2.30. The molecular weight excluding hydrogens is 243 g/mol. The van der Waals surface area contributed by atoms with Gasteiger partial charge in [-0.2, -0.15) is 0 Å². The molecule has 1 heterocycles. The Hall–Kier alpha value is -1.13. The summed E-state index contributed by atoms with van der Waals surface area (Å²) in [5.74, 6) is 0.571. The Morgan fingerprint density at radius 3 is 2.79 bits per heavy atom. The van der Waals surface area contributed by atoms with E-state index in [1.807, 2.05) is 0 Å². The highest BCUT2D eigenvalue weighted by Gasteiger charge is 2.35. The second-order valence-corrected chi connectivity index (χ2v) is 5.53. The number of rotatable bonds is 4. The van der Waals surface area contributed by atoms with Crippen molar-refractivity contribution in [3.63, 3.8) is 0 Å². The van der Waals surface area contributed by atoms with E-state index in [4.69, 9.17) is 4.74 Å². The van der Waals surface area contributed by atoms with Gasteiger partial charge in [-0.1, -0.05) is 0 Å². The zero-order valence-corrected chi connectivity index (χ0v) is 12.0. The van der Waals surface area contributed by atoms with Gasteiger partial charge in [-0.25, -0.2) is 4.39 Å². The maximum Gasteiger partial charge on any atom is 0.123 e. The van der Waals surface area contributed by atoms with E-state index in [0.717, 1.165) is 43.7 Å². The molecule has 3 nitrogen and oxygen atoms in total. The number of piperidine rings is 1. The lowest BCUT2D eigenvalue weighted by atomic mass is 9.82. The maximum atomic E-state index is 13.5. The molecule has 1 aliphatic heterocycles. The van der Waals surface area contributed by atoms with Gasteiger partial charge in [0.15, 0.2) is 0 Å². The fourth-order valence-corrected chi connectivity index (χ4v) is 2.88. The second kappa shape index (κ2) is 5.88. The van der Waals surface area contributed by atoms with Crippen LogP contribution in [0.5, 0.6) is 5.75 Å². The van der Waals surface area contributed by atoms with Crippen LogP contribution in [0.15, 0.2) is 18.2 Å². The topological polar surface area (TPSA) is 24.5 Å². The molecule has 0 aromatic heterocycles. The molecule has 4 heteroatoms. The van der Waals surface area contributed by atoms with Gasteiger partial charge in [0.05, 0.1) is 7.11 Å². The van der Waals surface area contributed by atoms with E-state index in [2.05, 4.69) is 24.3 Å². The van der Waals surface area contributed by atoms with Crippen molar-refractivity contribution in [3.8, 4) is 5.75 Å². The van der Waals surface area contributed by atoms with Crippen molar-refractivity contribution in [2.45, 2.75) is 24.8 Å². The molecule has 0 radical (unpaired) electrons. The van der Waals surface area contributed by atoms with Gasteiger partial charge in [0, 0.05) is 12.1 Å². The molecule has 0 amide bonds. The first kappa shape index (κ1) is 14.3. The van der Waals surface area contributed by atoms with E-state index in [-0.39, 0.29) is 11.4 Å². The lowest BCUT2D eigenvalue weighted by molar-refractivity contribution is 0.113. The van der Waals surface area contributed by atoms with Gasteiger partial charge < -0.3 is 15.0 Å². The third-order valence-corrected chi connectivity index (χ3v) is 4.16. The van der Waals surface area contributed by atoms with Crippen LogP contribution in [0.25, 0.3) is 0 Å². The molecule has 1 saturated heterocycles. The normalized spacial score (nSPS) is 23.6. The highest BCUT2D eigenvalue weighted by atomic mass is 19.1. The quantitative estimate of drug-likeness (QED) is 0.903. The Bertz CT molecular complexity index is 428. The molecule has 1 aromatic carbocycles. The Morgan fingerprint density at radius 1 is 1.42 bits per heavy atom. The van der Waals surface area contributed by atoms with Crippen molar-refractivity contribution in [1.29, 1.82) is 0 Å². The minimum Gasteiger partial charge on any atom is -0.496 e. The first-order valence-corrected chi connectivity index (χ1v) is 6.78. The van der Waals surface area contributed by atoms with Gasteiger partial charge in [-0.15, -0.1) is 0 Å². The summed E-state index contributed by atoms with van der Waals surface area (Å²) in [5, 5.41) is 3.45. The minimum absolute atomic E-state index is 0.0410. The van der Waals surface area contributed by atoms with Crippen LogP contribution < -0.4 is 10.1 Å². The minimum atomic E-state index is -0.200. The maximum absolute atomic E-state index is 13.5. The summed E-state index contributed by atoms with van der Waals surface area (Å²) in [6.45, 7) is 2.00. The molecule has 0 bridgehead atoms. The van der Waals surface area contributed by atoms with E-state index in [9.17, 15) is 4.39 Å². The summed E-state index contributed by atoms with van der Waals surface area (Å²) < 4.78 is 18.8. The van der Waals surface area contributed by atoms with Crippen LogP contribution in [0.1, 0.15) is 18.4 Å². The largest absolute Gasteiger partial charge is 0.496 e. The number of methoxy groups -OCH3 is 1. The van der Waals surface area contributed by atoms with Crippen LogP contribution in [0.4, 0.5) is 4.39 Å². The molecule has 1 aliphatic rings. The van der Waals surface area contributed by atoms with Crippen molar-refractivity contribution < 1.29 is 9.13 Å². The van der Waals surface area contributed by atoms with Crippen molar-refractivity contribution in [2.75, 3.05) is 34.3 Å². The third-order valence-electron chi connectivity index (χ3n) is 4.16. The van der Waals surface area contributed by atoms with Crippen molar-refractivity contribution in [1.82, 2.24) is 10.2 Å². The first-order valence-electron chi connectivity index (χ1n) is 6.78. The van der Waals surface area contributed by atoms with E-state index < -0.39 is 0 Å². The van der Waals surface area contributed by atoms with Crippen LogP contribution in [0.3, 0.4) is 0 Å². The Kier molecular flexibility index (Phi) is 4.42. The highest BCUT2D eigenvalue weighted by molar-refractivity contribution is 5.35. The standard InChI is InChI=1S/C15H23FN2O/c1-18(2)15(7-4-8-17-11-15)10-12-9-13(16)5-6-14(12)19-3/h5-6,9,17H,4,7-8,10-11H2,1-3H3. The molecule has 1 aromatic rings. The fraction of sp³-hybridized carbons (Fsp3) is 0.600.